The van der Waals surface area contributed by atoms with E-state index in [1.54, 1.807) is 54.6 Å². The van der Waals surface area contributed by atoms with Crippen molar-refractivity contribution in [3.63, 3.8) is 0 Å². The van der Waals surface area contributed by atoms with Gasteiger partial charge in [-0.05, 0) is 80.5 Å². The Labute approximate surface area is 195 Å². The number of hydrogen-bond donors (Lipinski definition) is 1. The van der Waals surface area contributed by atoms with Crippen molar-refractivity contribution in [2.75, 3.05) is 5.32 Å². The van der Waals surface area contributed by atoms with Crippen molar-refractivity contribution in [2.45, 2.75) is 6.61 Å². The number of hydrogen-bond acceptors (Lipinski definition) is 3. The van der Waals surface area contributed by atoms with Gasteiger partial charge < -0.3 is 10.1 Å². The fourth-order valence-corrected chi connectivity index (χ4v) is 4.37. The summed E-state index contributed by atoms with van der Waals surface area (Å²) >= 11 is 5.55. The maximum atomic E-state index is 13.8. The molecule has 3 aromatic carbocycles. The van der Waals surface area contributed by atoms with E-state index in [0.717, 1.165) is 3.57 Å². The lowest BCUT2D eigenvalue weighted by atomic mass is 10.1. The first kappa shape index (κ1) is 22.0. The van der Waals surface area contributed by atoms with Crippen LogP contribution in [0.2, 0.25) is 0 Å². The molecule has 4 nitrogen and oxygen atoms in total. The molecule has 1 N–H and O–H groups in total. The minimum atomic E-state index is -0.491. The fraction of sp³-hybridized carbons (Fsp3) is 0.0435. The van der Waals surface area contributed by atoms with E-state index in [-0.39, 0.29) is 18.0 Å². The van der Waals surface area contributed by atoms with Crippen LogP contribution in [0.3, 0.4) is 0 Å². The highest BCUT2D eigenvalue weighted by Crippen LogP contribution is 2.33. The van der Waals surface area contributed by atoms with E-state index < -0.39 is 5.91 Å². The molecule has 7 heteroatoms. The third-order valence-electron chi connectivity index (χ3n) is 4.06. The zero-order valence-electron chi connectivity index (χ0n) is 15.5. The summed E-state index contributed by atoms with van der Waals surface area (Å²) in [6, 6.07) is 20.8. The Hall–Kier alpha value is -2.70. The molecule has 3 rings (SSSR count). The van der Waals surface area contributed by atoms with Gasteiger partial charge in [0.05, 0.1) is 8.04 Å². The lowest BCUT2D eigenvalue weighted by molar-refractivity contribution is -0.112. The van der Waals surface area contributed by atoms with Crippen molar-refractivity contribution >= 4 is 56.2 Å². The molecule has 0 atom stereocenters. The zero-order valence-corrected chi connectivity index (χ0v) is 19.3. The number of carbonyl (C=O) groups is 1. The van der Waals surface area contributed by atoms with E-state index in [1.807, 2.05) is 12.1 Å². The maximum Gasteiger partial charge on any atom is 0.266 e. The predicted molar refractivity (Wildman–Crippen MR) is 126 cm³/mol. The number of nitrogens with one attached hydrogen (secondary N) is 1. The second-order valence-corrected chi connectivity index (χ2v) is 8.20. The monoisotopic (exact) mass is 576 g/mol. The molecule has 30 heavy (non-hydrogen) atoms. The molecular formula is C23H15BrFIN2O2. The highest BCUT2D eigenvalue weighted by atomic mass is 127. The van der Waals surface area contributed by atoms with Gasteiger partial charge in [0.2, 0.25) is 0 Å². The van der Waals surface area contributed by atoms with Gasteiger partial charge in [0.25, 0.3) is 5.91 Å². The topological polar surface area (TPSA) is 62.1 Å². The molecule has 150 valence electrons. The number of halogens is 3. The van der Waals surface area contributed by atoms with Crippen LogP contribution in [0.5, 0.6) is 5.75 Å². The van der Waals surface area contributed by atoms with Crippen molar-refractivity contribution in [1.29, 1.82) is 5.26 Å². The van der Waals surface area contributed by atoms with Gasteiger partial charge in [-0.25, -0.2) is 4.39 Å². The summed E-state index contributed by atoms with van der Waals surface area (Å²) in [6.07, 6.45) is 1.51. The summed E-state index contributed by atoms with van der Waals surface area (Å²) in [7, 11) is 0. The molecule has 0 saturated heterocycles. The van der Waals surface area contributed by atoms with E-state index in [9.17, 15) is 14.4 Å². The summed E-state index contributed by atoms with van der Waals surface area (Å²) < 4.78 is 21.0. The van der Waals surface area contributed by atoms with Crippen LogP contribution in [-0.4, -0.2) is 5.91 Å². The first-order valence-corrected chi connectivity index (χ1v) is 10.7. The molecule has 0 heterocycles. The normalized spacial score (nSPS) is 10.9. The Morgan fingerprint density at radius 3 is 2.53 bits per heavy atom. The van der Waals surface area contributed by atoms with E-state index in [0.29, 0.717) is 27.0 Å². The third kappa shape index (κ3) is 5.68. The van der Waals surface area contributed by atoms with Crippen LogP contribution in [-0.2, 0) is 11.4 Å². The van der Waals surface area contributed by atoms with Gasteiger partial charge in [0.15, 0.2) is 0 Å². The van der Waals surface area contributed by atoms with Crippen LogP contribution in [0.4, 0.5) is 10.1 Å². The molecule has 0 fully saturated rings. The Bertz CT molecular complexity index is 1120. The van der Waals surface area contributed by atoms with Gasteiger partial charge in [-0.1, -0.05) is 36.4 Å². The van der Waals surface area contributed by atoms with E-state index in [4.69, 9.17) is 4.74 Å². The molecule has 1 amide bonds. The van der Waals surface area contributed by atoms with E-state index >= 15 is 0 Å². The second kappa shape index (κ2) is 10.4. The van der Waals surface area contributed by atoms with Gasteiger partial charge in [0, 0.05) is 11.3 Å². The number of para-hydroxylation sites is 1. The van der Waals surface area contributed by atoms with Crippen LogP contribution >= 0.6 is 38.5 Å². The summed E-state index contributed by atoms with van der Waals surface area (Å²) in [5.41, 5.74) is 1.69. The predicted octanol–water partition coefficient (Wildman–Crippen LogP) is 6.32. The first-order valence-electron chi connectivity index (χ1n) is 8.81. The summed E-state index contributed by atoms with van der Waals surface area (Å²) in [5, 5.41) is 12.1. The molecule has 0 unspecified atom stereocenters. The average molecular weight is 577 g/mol. The number of amides is 1. The van der Waals surface area contributed by atoms with Crippen LogP contribution in [0, 0.1) is 20.7 Å². The van der Waals surface area contributed by atoms with Gasteiger partial charge in [-0.15, -0.1) is 0 Å². The highest BCUT2D eigenvalue weighted by Gasteiger charge is 2.13. The Morgan fingerprint density at radius 1 is 1.17 bits per heavy atom. The Morgan fingerprint density at radius 2 is 1.87 bits per heavy atom. The molecule has 3 aromatic rings. The van der Waals surface area contributed by atoms with Gasteiger partial charge >= 0.3 is 0 Å². The molecule has 0 aromatic heterocycles. The van der Waals surface area contributed by atoms with Gasteiger partial charge in [0.1, 0.15) is 29.8 Å². The molecule has 0 spiro atoms. The fourth-order valence-electron chi connectivity index (χ4n) is 2.60. The molecular weight excluding hydrogens is 562 g/mol. The van der Waals surface area contributed by atoms with Gasteiger partial charge in [-0.3, -0.25) is 4.79 Å². The molecule has 0 aliphatic carbocycles. The molecule has 0 saturated carbocycles. The van der Waals surface area contributed by atoms with Crippen LogP contribution in [0.25, 0.3) is 6.08 Å². The van der Waals surface area contributed by atoms with Crippen molar-refractivity contribution in [1.82, 2.24) is 0 Å². The van der Waals surface area contributed by atoms with Crippen molar-refractivity contribution in [3.8, 4) is 11.8 Å². The summed E-state index contributed by atoms with van der Waals surface area (Å²) in [5.74, 6) is -0.260. The number of carbonyl (C=O) groups excluding carboxylic acids is 1. The van der Waals surface area contributed by atoms with Crippen LogP contribution in [0.1, 0.15) is 11.1 Å². The van der Waals surface area contributed by atoms with E-state index in [1.165, 1.54) is 12.1 Å². The third-order valence-corrected chi connectivity index (χ3v) is 5.45. The van der Waals surface area contributed by atoms with Crippen molar-refractivity contribution in [3.05, 3.63) is 97.3 Å². The molecule has 0 aliphatic heterocycles. The summed E-state index contributed by atoms with van der Waals surface area (Å²) in [6.45, 7) is 0.0827. The van der Waals surface area contributed by atoms with Crippen molar-refractivity contribution < 1.29 is 13.9 Å². The highest BCUT2D eigenvalue weighted by molar-refractivity contribution is 14.1. The molecule has 0 bridgehead atoms. The largest absolute Gasteiger partial charge is 0.486 e. The number of anilines is 1. The number of nitriles is 1. The van der Waals surface area contributed by atoms with Gasteiger partial charge in [-0.2, -0.15) is 5.26 Å². The van der Waals surface area contributed by atoms with Crippen LogP contribution < -0.4 is 10.1 Å². The minimum Gasteiger partial charge on any atom is -0.486 e. The quantitative estimate of drug-likeness (QED) is 0.212. The SMILES string of the molecule is N#C/C(=C/c1cc(Br)c(OCc2ccccc2F)c(I)c1)C(=O)Nc1ccccc1. The second-order valence-electron chi connectivity index (χ2n) is 6.18. The molecule has 0 aliphatic rings. The Balaban J connectivity index is 1.78. The Kier molecular flexibility index (Phi) is 7.60. The number of benzene rings is 3. The lowest BCUT2D eigenvalue weighted by Gasteiger charge is -2.12. The number of nitrogens with zero attached hydrogens (tertiary/aromatic N) is 1. The number of ether oxygens (including phenoxy) is 1. The number of rotatable bonds is 6. The van der Waals surface area contributed by atoms with Crippen LogP contribution in [0.15, 0.2) is 76.8 Å². The summed E-state index contributed by atoms with van der Waals surface area (Å²) in [4.78, 5) is 12.4. The van der Waals surface area contributed by atoms with Crippen molar-refractivity contribution in [2.24, 2.45) is 0 Å². The lowest BCUT2D eigenvalue weighted by Crippen LogP contribution is -2.13. The zero-order chi connectivity index (χ0) is 21.5. The smallest absolute Gasteiger partial charge is 0.266 e. The molecule has 0 radical (unpaired) electrons. The standard InChI is InChI=1S/C23H15BrFIN2O2/c24-19-11-15(10-17(13-27)23(29)28-18-7-2-1-3-8-18)12-21(26)22(19)30-14-16-6-4-5-9-20(16)25/h1-12H,14H2,(H,28,29)/b17-10-. The first-order chi connectivity index (χ1) is 14.5. The minimum absolute atomic E-state index is 0.0263. The maximum absolute atomic E-state index is 13.8. The average Bonchev–Trinajstić information content (AvgIpc) is 2.73. The van der Waals surface area contributed by atoms with E-state index in [2.05, 4.69) is 43.8 Å².